The second-order valence-electron chi connectivity index (χ2n) is 5.43. The number of hydrogen-bond acceptors (Lipinski definition) is 2. The summed E-state index contributed by atoms with van der Waals surface area (Å²) in [5.74, 6) is 1.95. The van der Waals surface area contributed by atoms with Gasteiger partial charge in [-0.3, -0.25) is 5.43 Å². The minimum absolute atomic E-state index is 0.697. The van der Waals surface area contributed by atoms with Crippen LogP contribution in [-0.4, -0.2) is 24.1 Å². The van der Waals surface area contributed by atoms with Gasteiger partial charge in [0.25, 0.3) is 0 Å². The van der Waals surface area contributed by atoms with Crippen LogP contribution in [0.2, 0.25) is 0 Å². The van der Waals surface area contributed by atoms with Crippen molar-refractivity contribution in [3.63, 3.8) is 0 Å². The molecule has 1 saturated carbocycles. The summed E-state index contributed by atoms with van der Waals surface area (Å²) in [7, 11) is 0. The maximum absolute atomic E-state index is 3.73. The highest BCUT2D eigenvalue weighted by atomic mass is 15.5. The Hall–Kier alpha value is -0.0800. The predicted octanol–water partition coefficient (Wildman–Crippen LogP) is 2.80. The average Bonchev–Trinajstić information content (AvgIpc) is 2.57. The number of rotatable bonds is 4. The molecule has 2 nitrogen and oxygen atoms in total. The summed E-state index contributed by atoms with van der Waals surface area (Å²) in [5.41, 5.74) is 3.73. The lowest BCUT2D eigenvalue weighted by molar-refractivity contribution is 0.138. The maximum atomic E-state index is 3.73. The molecule has 0 aromatic rings. The predicted molar refractivity (Wildman–Crippen MR) is 64.5 cm³/mol. The summed E-state index contributed by atoms with van der Waals surface area (Å²) in [6.45, 7) is 7.17. The molecule has 1 aliphatic carbocycles. The van der Waals surface area contributed by atoms with E-state index < -0.39 is 0 Å². The molecular formula is C13H26N2. The van der Waals surface area contributed by atoms with Gasteiger partial charge in [-0.15, -0.1) is 0 Å². The first-order chi connectivity index (χ1) is 7.31. The molecule has 88 valence electrons. The van der Waals surface area contributed by atoms with E-state index >= 15 is 0 Å². The molecule has 2 bridgehead atoms. The molecule has 0 amide bonds. The summed E-state index contributed by atoms with van der Waals surface area (Å²) in [6.07, 6.45) is 8.42. The van der Waals surface area contributed by atoms with E-state index in [0.29, 0.717) is 6.04 Å². The van der Waals surface area contributed by atoms with Crippen molar-refractivity contribution in [2.24, 2.45) is 11.8 Å². The standard InChI is InChI=1S/C13H26N2/c1-3-13(4-2)14-15-9-11-5-6-12(10-15)8-7-11/h11-14H,3-10H2,1-2H3. The van der Waals surface area contributed by atoms with E-state index in [-0.39, 0.29) is 0 Å². The van der Waals surface area contributed by atoms with Gasteiger partial charge in [-0.2, -0.15) is 0 Å². The van der Waals surface area contributed by atoms with Crippen molar-refractivity contribution < 1.29 is 0 Å². The lowest BCUT2D eigenvalue weighted by Gasteiger charge is -2.28. The van der Waals surface area contributed by atoms with Gasteiger partial charge in [-0.25, -0.2) is 5.01 Å². The number of hydrazine groups is 1. The van der Waals surface area contributed by atoms with E-state index in [1.54, 1.807) is 0 Å². The lowest BCUT2D eigenvalue weighted by Crippen LogP contribution is -2.46. The minimum atomic E-state index is 0.697. The molecular weight excluding hydrogens is 184 g/mol. The van der Waals surface area contributed by atoms with Gasteiger partial charge in [0, 0.05) is 19.1 Å². The average molecular weight is 210 g/mol. The Morgan fingerprint density at radius 3 is 1.87 bits per heavy atom. The van der Waals surface area contributed by atoms with Gasteiger partial charge in [-0.05, 0) is 50.4 Å². The fourth-order valence-corrected chi connectivity index (χ4v) is 3.13. The zero-order chi connectivity index (χ0) is 10.7. The molecule has 0 unspecified atom stereocenters. The van der Waals surface area contributed by atoms with Crippen LogP contribution in [-0.2, 0) is 0 Å². The first kappa shape index (κ1) is 11.4. The summed E-state index contributed by atoms with van der Waals surface area (Å²) in [6, 6.07) is 0.697. The third kappa shape index (κ3) is 2.94. The van der Waals surface area contributed by atoms with Crippen molar-refractivity contribution >= 4 is 0 Å². The van der Waals surface area contributed by atoms with E-state index in [0.717, 1.165) is 11.8 Å². The van der Waals surface area contributed by atoms with Crippen LogP contribution in [0, 0.1) is 11.8 Å². The third-order valence-electron chi connectivity index (χ3n) is 4.27. The van der Waals surface area contributed by atoms with Crippen LogP contribution in [0.5, 0.6) is 0 Å². The molecule has 2 heterocycles. The van der Waals surface area contributed by atoms with Crippen LogP contribution in [0.1, 0.15) is 52.4 Å². The Morgan fingerprint density at radius 1 is 1.00 bits per heavy atom. The van der Waals surface area contributed by atoms with Crippen LogP contribution in [0.4, 0.5) is 0 Å². The Labute approximate surface area is 94.4 Å². The molecule has 2 aliphatic heterocycles. The van der Waals surface area contributed by atoms with Crippen LogP contribution in [0.3, 0.4) is 0 Å². The van der Waals surface area contributed by atoms with E-state index in [1.165, 1.54) is 51.6 Å². The van der Waals surface area contributed by atoms with Gasteiger partial charge >= 0.3 is 0 Å². The zero-order valence-corrected chi connectivity index (χ0v) is 10.3. The molecule has 0 spiro atoms. The molecule has 0 aromatic carbocycles. The van der Waals surface area contributed by atoms with E-state index in [2.05, 4.69) is 24.3 Å². The van der Waals surface area contributed by atoms with Crippen LogP contribution < -0.4 is 5.43 Å². The highest BCUT2D eigenvalue weighted by molar-refractivity contribution is 4.81. The zero-order valence-electron chi connectivity index (χ0n) is 10.3. The van der Waals surface area contributed by atoms with Gasteiger partial charge in [0.15, 0.2) is 0 Å². The van der Waals surface area contributed by atoms with Gasteiger partial charge in [0.2, 0.25) is 0 Å². The Balaban J connectivity index is 1.87. The minimum Gasteiger partial charge on any atom is -0.252 e. The topological polar surface area (TPSA) is 15.3 Å². The highest BCUT2D eigenvalue weighted by Gasteiger charge is 2.29. The fraction of sp³-hybridized carbons (Fsp3) is 1.00. The Morgan fingerprint density at radius 2 is 1.47 bits per heavy atom. The van der Waals surface area contributed by atoms with Crippen molar-refractivity contribution in [2.45, 2.75) is 58.4 Å². The molecule has 2 saturated heterocycles. The molecule has 3 fully saturated rings. The Kier molecular flexibility index (Phi) is 4.04. The van der Waals surface area contributed by atoms with Crippen LogP contribution in [0.15, 0.2) is 0 Å². The molecule has 1 N–H and O–H groups in total. The van der Waals surface area contributed by atoms with Crippen LogP contribution in [0.25, 0.3) is 0 Å². The monoisotopic (exact) mass is 210 g/mol. The van der Waals surface area contributed by atoms with Gasteiger partial charge < -0.3 is 0 Å². The SMILES string of the molecule is CCC(CC)NN1CC2CCC(CC2)C1. The van der Waals surface area contributed by atoms with E-state index in [9.17, 15) is 0 Å². The molecule has 0 radical (unpaired) electrons. The molecule has 3 rings (SSSR count). The van der Waals surface area contributed by atoms with E-state index in [4.69, 9.17) is 0 Å². The lowest BCUT2D eigenvalue weighted by atomic mass is 9.84. The largest absolute Gasteiger partial charge is 0.252 e. The van der Waals surface area contributed by atoms with E-state index in [1.807, 2.05) is 0 Å². The van der Waals surface area contributed by atoms with Crippen molar-refractivity contribution in [1.29, 1.82) is 0 Å². The normalized spacial score (nSPS) is 32.2. The number of hydrogen-bond donors (Lipinski definition) is 1. The first-order valence-corrected chi connectivity index (χ1v) is 6.82. The number of fused-ring (bicyclic) bond motifs is 4. The van der Waals surface area contributed by atoms with Gasteiger partial charge in [0.05, 0.1) is 0 Å². The second-order valence-corrected chi connectivity index (χ2v) is 5.43. The van der Waals surface area contributed by atoms with Crippen LogP contribution >= 0.6 is 0 Å². The second kappa shape index (κ2) is 5.31. The number of nitrogens with zero attached hydrogens (tertiary/aromatic N) is 1. The fourth-order valence-electron chi connectivity index (χ4n) is 3.13. The van der Waals surface area contributed by atoms with Crippen molar-refractivity contribution in [3.8, 4) is 0 Å². The number of nitrogens with one attached hydrogen (secondary N) is 1. The summed E-state index contributed by atoms with van der Waals surface area (Å²) < 4.78 is 0. The van der Waals surface area contributed by atoms with Gasteiger partial charge in [0.1, 0.15) is 0 Å². The molecule has 0 atom stereocenters. The summed E-state index contributed by atoms with van der Waals surface area (Å²) >= 11 is 0. The van der Waals surface area contributed by atoms with Crippen molar-refractivity contribution in [2.75, 3.05) is 13.1 Å². The molecule has 2 heteroatoms. The third-order valence-corrected chi connectivity index (χ3v) is 4.27. The molecule has 0 aromatic heterocycles. The first-order valence-electron chi connectivity index (χ1n) is 6.82. The summed E-state index contributed by atoms with van der Waals surface area (Å²) in [4.78, 5) is 0. The van der Waals surface area contributed by atoms with Gasteiger partial charge in [-0.1, -0.05) is 13.8 Å². The highest BCUT2D eigenvalue weighted by Crippen LogP contribution is 2.33. The maximum Gasteiger partial charge on any atom is 0.0210 e. The summed E-state index contributed by atoms with van der Waals surface area (Å²) in [5, 5.41) is 2.53. The molecule has 15 heavy (non-hydrogen) atoms. The smallest absolute Gasteiger partial charge is 0.0210 e. The Bertz CT molecular complexity index is 167. The van der Waals surface area contributed by atoms with Crippen molar-refractivity contribution in [3.05, 3.63) is 0 Å². The van der Waals surface area contributed by atoms with Crippen molar-refractivity contribution in [1.82, 2.24) is 10.4 Å². The quantitative estimate of drug-likeness (QED) is 0.767. The molecule has 3 aliphatic rings.